The summed E-state index contributed by atoms with van der Waals surface area (Å²) >= 11 is 0. The maximum absolute atomic E-state index is 3.69. The molecule has 0 saturated carbocycles. The maximum atomic E-state index is 3.69. The first-order valence-corrected chi connectivity index (χ1v) is 9.67. The van der Waals surface area contributed by atoms with Crippen LogP contribution in [0.1, 0.15) is 91.9 Å². The van der Waals surface area contributed by atoms with E-state index in [1.54, 1.807) is 0 Å². The molecular formula is C19H40N2. The first kappa shape index (κ1) is 19.0. The van der Waals surface area contributed by atoms with Crippen molar-refractivity contribution in [2.45, 2.75) is 103 Å². The Balaban J connectivity index is 2.21. The lowest BCUT2D eigenvalue weighted by atomic mass is 9.87. The Kier molecular flexibility index (Phi) is 9.59. The number of unbranched alkanes of at least 4 members (excludes halogenated alkanes) is 7. The van der Waals surface area contributed by atoms with Crippen molar-refractivity contribution in [2.24, 2.45) is 0 Å². The van der Waals surface area contributed by atoms with Crippen LogP contribution in [0.4, 0.5) is 0 Å². The van der Waals surface area contributed by atoms with Gasteiger partial charge in [0.1, 0.15) is 0 Å². The topological polar surface area (TPSA) is 15.3 Å². The summed E-state index contributed by atoms with van der Waals surface area (Å²) in [6, 6.07) is 0.658. The highest BCUT2D eigenvalue weighted by Gasteiger charge is 2.37. The van der Waals surface area contributed by atoms with Crippen LogP contribution in [0.3, 0.4) is 0 Å². The van der Waals surface area contributed by atoms with Crippen molar-refractivity contribution >= 4 is 0 Å². The quantitative estimate of drug-likeness (QED) is 0.541. The minimum absolute atomic E-state index is 0.424. The van der Waals surface area contributed by atoms with Gasteiger partial charge >= 0.3 is 0 Å². The highest BCUT2D eigenvalue weighted by atomic mass is 15.3. The van der Waals surface area contributed by atoms with Crippen molar-refractivity contribution in [1.29, 1.82) is 0 Å². The van der Waals surface area contributed by atoms with E-state index >= 15 is 0 Å². The summed E-state index contributed by atoms with van der Waals surface area (Å²) in [7, 11) is 0. The number of hydrogen-bond acceptors (Lipinski definition) is 2. The molecule has 1 aliphatic heterocycles. The third kappa shape index (κ3) is 6.28. The SMILES string of the molecule is CCCCCCCCCCN1CC(C)NCC1(CC)CC. The zero-order valence-electron chi connectivity index (χ0n) is 15.2. The van der Waals surface area contributed by atoms with E-state index in [-0.39, 0.29) is 0 Å². The Morgan fingerprint density at radius 3 is 2.05 bits per heavy atom. The molecule has 1 atom stereocenters. The largest absolute Gasteiger partial charge is 0.311 e. The smallest absolute Gasteiger partial charge is 0.0329 e. The minimum Gasteiger partial charge on any atom is -0.311 e. The normalized spacial score (nSPS) is 22.6. The van der Waals surface area contributed by atoms with Gasteiger partial charge in [-0.25, -0.2) is 0 Å². The number of nitrogens with zero attached hydrogens (tertiary/aromatic N) is 1. The summed E-state index contributed by atoms with van der Waals surface area (Å²) in [6.45, 7) is 13.1. The molecule has 1 fully saturated rings. The summed E-state index contributed by atoms with van der Waals surface area (Å²) in [5.74, 6) is 0. The van der Waals surface area contributed by atoms with E-state index in [2.05, 4.69) is 37.9 Å². The van der Waals surface area contributed by atoms with Crippen LogP contribution in [0.5, 0.6) is 0 Å². The van der Waals surface area contributed by atoms with Crippen molar-refractivity contribution in [2.75, 3.05) is 19.6 Å². The lowest BCUT2D eigenvalue weighted by Gasteiger charge is -2.49. The van der Waals surface area contributed by atoms with Gasteiger partial charge in [-0.3, -0.25) is 4.90 Å². The van der Waals surface area contributed by atoms with E-state index in [1.165, 1.54) is 83.8 Å². The van der Waals surface area contributed by atoms with Crippen molar-refractivity contribution < 1.29 is 0 Å². The van der Waals surface area contributed by atoms with Crippen LogP contribution in [0, 0.1) is 0 Å². The second kappa shape index (κ2) is 10.6. The maximum Gasteiger partial charge on any atom is 0.0329 e. The second-order valence-corrected chi connectivity index (χ2v) is 7.13. The van der Waals surface area contributed by atoms with Crippen molar-refractivity contribution in [3.8, 4) is 0 Å². The van der Waals surface area contributed by atoms with Gasteiger partial charge in [0.15, 0.2) is 0 Å². The first-order chi connectivity index (χ1) is 10.2. The van der Waals surface area contributed by atoms with Crippen LogP contribution in [0.2, 0.25) is 0 Å². The molecule has 0 radical (unpaired) electrons. The zero-order valence-corrected chi connectivity index (χ0v) is 15.2. The molecule has 0 bridgehead atoms. The summed E-state index contributed by atoms with van der Waals surface area (Å²) in [5.41, 5.74) is 0.424. The standard InChI is InChI=1S/C19H40N2/c1-5-8-9-10-11-12-13-14-15-21-16-18(4)20-17-19(21,6-2)7-3/h18,20H,5-17H2,1-4H3. The molecule has 126 valence electrons. The fourth-order valence-electron chi connectivity index (χ4n) is 3.78. The van der Waals surface area contributed by atoms with E-state index in [9.17, 15) is 0 Å². The van der Waals surface area contributed by atoms with E-state index < -0.39 is 0 Å². The van der Waals surface area contributed by atoms with E-state index in [1.807, 2.05) is 0 Å². The van der Waals surface area contributed by atoms with E-state index in [0.717, 1.165) is 0 Å². The van der Waals surface area contributed by atoms with Gasteiger partial charge in [-0.05, 0) is 32.7 Å². The fourth-order valence-corrected chi connectivity index (χ4v) is 3.78. The number of piperazine rings is 1. The first-order valence-electron chi connectivity index (χ1n) is 9.67. The number of nitrogens with one attached hydrogen (secondary N) is 1. The molecule has 21 heavy (non-hydrogen) atoms. The molecule has 0 spiro atoms. The Morgan fingerprint density at radius 2 is 1.48 bits per heavy atom. The summed E-state index contributed by atoms with van der Waals surface area (Å²) in [5, 5.41) is 3.69. The summed E-state index contributed by atoms with van der Waals surface area (Å²) in [6.07, 6.45) is 13.9. The molecule has 0 aromatic carbocycles. The summed E-state index contributed by atoms with van der Waals surface area (Å²) < 4.78 is 0. The molecule has 1 aliphatic rings. The van der Waals surface area contributed by atoms with Gasteiger partial charge in [0, 0.05) is 24.7 Å². The molecule has 2 heteroatoms. The van der Waals surface area contributed by atoms with Crippen molar-refractivity contribution in [3.05, 3.63) is 0 Å². The van der Waals surface area contributed by atoms with Crippen LogP contribution in [0.25, 0.3) is 0 Å². The molecule has 1 unspecified atom stereocenters. The number of rotatable bonds is 11. The van der Waals surface area contributed by atoms with Gasteiger partial charge in [0.25, 0.3) is 0 Å². The van der Waals surface area contributed by atoms with Gasteiger partial charge in [0.2, 0.25) is 0 Å². The van der Waals surface area contributed by atoms with Crippen LogP contribution >= 0.6 is 0 Å². The summed E-state index contributed by atoms with van der Waals surface area (Å²) in [4.78, 5) is 2.80. The molecule has 1 heterocycles. The Bertz CT molecular complexity index is 248. The molecule has 1 saturated heterocycles. The monoisotopic (exact) mass is 296 g/mol. The second-order valence-electron chi connectivity index (χ2n) is 7.13. The van der Waals surface area contributed by atoms with Crippen LogP contribution < -0.4 is 5.32 Å². The number of hydrogen-bond donors (Lipinski definition) is 1. The molecule has 1 N–H and O–H groups in total. The Morgan fingerprint density at radius 1 is 0.905 bits per heavy atom. The molecule has 0 aromatic heterocycles. The average molecular weight is 297 g/mol. The van der Waals surface area contributed by atoms with Gasteiger partial charge in [-0.2, -0.15) is 0 Å². The Labute approximate surface area is 134 Å². The van der Waals surface area contributed by atoms with Crippen molar-refractivity contribution in [3.63, 3.8) is 0 Å². The third-order valence-electron chi connectivity index (χ3n) is 5.54. The predicted octanol–water partition coefficient (Wildman–Crippen LogP) is 4.98. The third-order valence-corrected chi connectivity index (χ3v) is 5.54. The molecular weight excluding hydrogens is 256 g/mol. The lowest BCUT2D eigenvalue weighted by molar-refractivity contribution is 0.0335. The van der Waals surface area contributed by atoms with E-state index in [0.29, 0.717) is 11.6 Å². The predicted molar refractivity (Wildman–Crippen MR) is 95.0 cm³/mol. The van der Waals surface area contributed by atoms with Gasteiger partial charge < -0.3 is 5.32 Å². The highest BCUT2D eigenvalue weighted by molar-refractivity contribution is 4.96. The van der Waals surface area contributed by atoms with Gasteiger partial charge in [-0.1, -0.05) is 65.7 Å². The van der Waals surface area contributed by atoms with Crippen molar-refractivity contribution in [1.82, 2.24) is 10.2 Å². The lowest BCUT2D eigenvalue weighted by Crippen LogP contribution is -2.63. The molecule has 0 amide bonds. The average Bonchev–Trinajstić information content (AvgIpc) is 2.51. The Hall–Kier alpha value is -0.0800. The molecule has 2 nitrogen and oxygen atoms in total. The molecule has 0 aromatic rings. The van der Waals surface area contributed by atoms with Gasteiger partial charge in [-0.15, -0.1) is 0 Å². The van der Waals surface area contributed by atoms with E-state index in [4.69, 9.17) is 0 Å². The van der Waals surface area contributed by atoms with Crippen LogP contribution in [-0.2, 0) is 0 Å². The molecule has 0 aliphatic carbocycles. The zero-order chi connectivity index (χ0) is 15.6. The van der Waals surface area contributed by atoms with Crippen LogP contribution in [0.15, 0.2) is 0 Å². The highest BCUT2D eigenvalue weighted by Crippen LogP contribution is 2.27. The van der Waals surface area contributed by atoms with Crippen LogP contribution in [-0.4, -0.2) is 36.1 Å². The van der Waals surface area contributed by atoms with Gasteiger partial charge in [0.05, 0.1) is 0 Å². The molecule has 1 rings (SSSR count). The fraction of sp³-hybridized carbons (Fsp3) is 1.00. The minimum atomic E-state index is 0.424.